The fourth-order valence-electron chi connectivity index (χ4n) is 0.655. The molecule has 0 aliphatic carbocycles. The maximum atomic E-state index is 3.86. The van der Waals surface area contributed by atoms with Gasteiger partial charge in [0.1, 0.15) is 11.7 Å². The van der Waals surface area contributed by atoms with E-state index >= 15 is 0 Å². The van der Waals surface area contributed by atoms with Gasteiger partial charge in [-0.15, -0.1) is 5.10 Å². The zero-order chi connectivity index (χ0) is 6.10. The van der Waals surface area contributed by atoms with Crippen LogP contribution in [0.15, 0.2) is 12.4 Å². The molecule has 9 heavy (non-hydrogen) atoms. The average molecular weight is 119 g/mol. The number of nitrogens with zero attached hydrogens (tertiary/aromatic N) is 3. The Bertz CT molecular complexity index is 283. The summed E-state index contributed by atoms with van der Waals surface area (Å²) in [5.74, 6) is 0. The number of hydrogen-bond acceptors (Lipinski definition) is 3. The van der Waals surface area contributed by atoms with E-state index in [1.54, 1.807) is 12.4 Å². The Kier molecular flexibility index (Phi) is 0.745. The molecule has 43 valence electrons. The van der Waals surface area contributed by atoms with E-state index < -0.39 is 0 Å². The fourth-order valence-corrected chi connectivity index (χ4v) is 0.655. The highest BCUT2D eigenvalue weighted by Gasteiger charge is 1.91. The van der Waals surface area contributed by atoms with Gasteiger partial charge in [-0.25, -0.2) is 0 Å². The Hall–Kier alpha value is -1.45. The van der Waals surface area contributed by atoms with E-state index in [4.69, 9.17) is 0 Å². The summed E-state index contributed by atoms with van der Waals surface area (Å²) in [7, 11) is 0. The summed E-state index contributed by atoms with van der Waals surface area (Å²) in [6.07, 6.45) is 5.99. The minimum absolute atomic E-state index is 0.796. The molecule has 2 aromatic heterocycles. The van der Waals surface area contributed by atoms with Crippen molar-refractivity contribution < 1.29 is 0 Å². The minimum Gasteiger partial charge on any atom is -0.284 e. The van der Waals surface area contributed by atoms with E-state index in [0.29, 0.717) is 0 Å². The molecule has 2 aromatic rings. The van der Waals surface area contributed by atoms with Crippen LogP contribution in [0.25, 0.3) is 10.9 Å². The quantitative estimate of drug-likeness (QED) is 0.537. The maximum Gasteiger partial charge on any atom is 0.125 e. The molecule has 1 N–H and O–H groups in total. The summed E-state index contributed by atoms with van der Waals surface area (Å²) in [5.41, 5.74) is 0.796. The van der Waals surface area contributed by atoms with Crippen LogP contribution >= 0.6 is 0 Å². The summed E-state index contributed by atoms with van der Waals surface area (Å²) < 4.78 is 0. The highest BCUT2D eigenvalue weighted by molar-refractivity contribution is 5.74. The summed E-state index contributed by atoms with van der Waals surface area (Å²) in [4.78, 5) is 0. The van der Waals surface area contributed by atoms with Gasteiger partial charge in [0.05, 0.1) is 11.6 Å². The number of aromatic amines is 1. The first kappa shape index (κ1) is 4.43. The van der Waals surface area contributed by atoms with E-state index in [0.717, 1.165) is 10.9 Å². The summed E-state index contributed by atoms with van der Waals surface area (Å²) in [6.45, 7) is 0. The van der Waals surface area contributed by atoms with Gasteiger partial charge in [-0.2, -0.15) is 10.2 Å². The molecule has 0 aliphatic heterocycles. The SMILES string of the molecule is [c]1nncc2n[nH]cc12. The van der Waals surface area contributed by atoms with Gasteiger partial charge in [0.15, 0.2) is 0 Å². The highest BCUT2D eigenvalue weighted by atomic mass is 15.1. The molecule has 0 fully saturated rings. The largest absolute Gasteiger partial charge is 0.284 e. The van der Waals surface area contributed by atoms with Crippen molar-refractivity contribution in [2.24, 2.45) is 0 Å². The van der Waals surface area contributed by atoms with Crippen LogP contribution in [0, 0.1) is 6.20 Å². The first-order valence-electron chi connectivity index (χ1n) is 2.50. The number of nitrogens with one attached hydrogen (secondary N) is 1. The average Bonchev–Trinajstić information content (AvgIpc) is 2.33. The Morgan fingerprint density at radius 1 is 1.56 bits per heavy atom. The van der Waals surface area contributed by atoms with Gasteiger partial charge in [-0.3, -0.25) is 5.10 Å². The molecular formula is C5H3N4. The number of H-pyrrole nitrogens is 1. The lowest BCUT2D eigenvalue weighted by Crippen LogP contribution is -1.76. The Morgan fingerprint density at radius 3 is 3.44 bits per heavy atom. The van der Waals surface area contributed by atoms with Crippen LogP contribution in [0.3, 0.4) is 0 Å². The standard InChI is InChI=1S/C5H3N4/c1-4-2-8-9-5(4)3-7-6-1/h2-3H,(H,8,9). The molecule has 0 bridgehead atoms. The molecule has 0 amide bonds. The van der Waals surface area contributed by atoms with Crippen molar-refractivity contribution in [1.82, 2.24) is 20.4 Å². The lowest BCUT2D eigenvalue weighted by Gasteiger charge is -1.77. The van der Waals surface area contributed by atoms with Crippen LogP contribution in [-0.4, -0.2) is 20.4 Å². The van der Waals surface area contributed by atoms with Crippen molar-refractivity contribution in [3.63, 3.8) is 0 Å². The molecule has 0 saturated carbocycles. The van der Waals surface area contributed by atoms with Gasteiger partial charge >= 0.3 is 0 Å². The molecule has 0 spiro atoms. The fraction of sp³-hybridized carbons (Fsp3) is 0. The summed E-state index contributed by atoms with van der Waals surface area (Å²) >= 11 is 0. The van der Waals surface area contributed by atoms with Crippen molar-refractivity contribution in [2.75, 3.05) is 0 Å². The van der Waals surface area contributed by atoms with E-state index in [-0.39, 0.29) is 0 Å². The molecule has 2 heterocycles. The molecule has 4 heteroatoms. The third kappa shape index (κ3) is 0.561. The predicted molar refractivity (Wildman–Crippen MR) is 30.5 cm³/mol. The van der Waals surface area contributed by atoms with Crippen LogP contribution in [0.5, 0.6) is 0 Å². The van der Waals surface area contributed by atoms with Crippen molar-refractivity contribution in [1.29, 1.82) is 0 Å². The van der Waals surface area contributed by atoms with Crippen LogP contribution in [0.2, 0.25) is 0 Å². The lowest BCUT2D eigenvalue weighted by molar-refractivity contribution is 1.03. The summed E-state index contributed by atoms with van der Waals surface area (Å²) in [6, 6.07) is 0. The Labute approximate surface area is 50.9 Å². The van der Waals surface area contributed by atoms with Crippen molar-refractivity contribution in [3.8, 4) is 0 Å². The third-order valence-electron chi connectivity index (χ3n) is 1.08. The molecule has 1 radical (unpaired) electrons. The Morgan fingerprint density at radius 2 is 2.56 bits per heavy atom. The van der Waals surface area contributed by atoms with Gasteiger partial charge in [0.25, 0.3) is 0 Å². The van der Waals surface area contributed by atoms with Crippen LogP contribution in [0.4, 0.5) is 0 Å². The molecule has 4 nitrogen and oxygen atoms in total. The number of aromatic nitrogens is 4. The predicted octanol–water partition coefficient (Wildman–Crippen LogP) is 0.153. The zero-order valence-corrected chi connectivity index (χ0v) is 4.50. The molecule has 0 aromatic carbocycles. The highest BCUT2D eigenvalue weighted by Crippen LogP contribution is 2.02. The lowest BCUT2D eigenvalue weighted by atomic mass is 10.4. The molecule has 0 atom stereocenters. The Balaban J connectivity index is 2.95. The van der Waals surface area contributed by atoms with Crippen LogP contribution in [0.1, 0.15) is 0 Å². The van der Waals surface area contributed by atoms with Gasteiger partial charge in [-0.1, -0.05) is 0 Å². The molecule has 2 rings (SSSR count). The van der Waals surface area contributed by atoms with Crippen molar-refractivity contribution in [2.45, 2.75) is 0 Å². The minimum atomic E-state index is 0.796. The first-order valence-corrected chi connectivity index (χ1v) is 2.50. The monoisotopic (exact) mass is 119 g/mol. The van der Waals surface area contributed by atoms with E-state index in [9.17, 15) is 0 Å². The van der Waals surface area contributed by atoms with E-state index in [2.05, 4.69) is 26.6 Å². The van der Waals surface area contributed by atoms with Gasteiger partial charge in [0, 0.05) is 6.20 Å². The third-order valence-corrected chi connectivity index (χ3v) is 1.08. The number of fused-ring (bicyclic) bond motifs is 1. The van der Waals surface area contributed by atoms with Gasteiger partial charge in [-0.05, 0) is 0 Å². The van der Waals surface area contributed by atoms with E-state index in [1.165, 1.54) is 0 Å². The van der Waals surface area contributed by atoms with Crippen LogP contribution in [-0.2, 0) is 0 Å². The molecule has 0 saturated heterocycles. The topological polar surface area (TPSA) is 54.5 Å². The first-order chi connectivity index (χ1) is 4.47. The van der Waals surface area contributed by atoms with Gasteiger partial charge < -0.3 is 0 Å². The maximum absolute atomic E-state index is 3.86. The molecule has 0 unspecified atom stereocenters. The normalized spacial score (nSPS) is 10.2. The number of rotatable bonds is 0. The molecule has 0 aliphatic rings. The molecular weight excluding hydrogens is 116 g/mol. The zero-order valence-electron chi connectivity index (χ0n) is 4.50. The van der Waals surface area contributed by atoms with E-state index in [1.807, 2.05) is 0 Å². The van der Waals surface area contributed by atoms with Gasteiger partial charge in [0.2, 0.25) is 0 Å². The second-order valence-electron chi connectivity index (χ2n) is 1.64. The van der Waals surface area contributed by atoms with Crippen molar-refractivity contribution in [3.05, 3.63) is 18.6 Å². The second kappa shape index (κ2) is 1.51. The number of hydrogen-bond donors (Lipinski definition) is 1. The van der Waals surface area contributed by atoms with Crippen molar-refractivity contribution >= 4 is 10.9 Å². The summed E-state index contributed by atoms with van der Waals surface area (Å²) in [5, 5.41) is 14.5. The van der Waals surface area contributed by atoms with Crippen LogP contribution < -0.4 is 0 Å². The second-order valence-corrected chi connectivity index (χ2v) is 1.64. The smallest absolute Gasteiger partial charge is 0.125 e.